The standard InChI is InChI=1S/C17H15BrFN3O2S/c1-10(11-3-2-4-13(7-11)25(20,23)24)21-17-6-5-12-8-14(18)15(19)9-16(12)22-17/h2-10H,1H3,(H,21,22)(H2,20,23,24). The molecule has 2 aromatic carbocycles. The first-order valence-corrected chi connectivity index (χ1v) is 9.73. The molecule has 3 N–H and O–H groups in total. The van der Waals surface area contributed by atoms with Crippen molar-refractivity contribution in [3.05, 3.63) is 64.4 Å². The number of hydrogen-bond donors (Lipinski definition) is 2. The first kappa shape index (κ1) is 17.8. The maximum absolute atomic E-state index is 13.7. The first-order chi connectivity index (χ1) is 11.7. The van der Waals surface area contributed by atoms with Crippen LogP contribution in [-0.4, -0.2) is 13.4 Å². The zero-order valence-electron chi connectivity index (χ0n) is 13.2. The third-order valence-electron chi connectivity index (χ3n) is 3.78. The van der Waals surface area contributed by atoms with Crippen molar-refractivity contribution < 1.29 is 12.8 Å². The zero-order chi connectivity index (χ0) is 18.2. The van der Waals surface area contributed by atoms with Crippen LogP contribution in [0, 0.1) is 5.82 Å². The second kappa shape index (κ2) is 6.70. The number of rotatable bonds is 4. The van der Waals surface area contributed by atoms with Gasteiger partial charge >= 0.3 is 0 Å². The summed E-state index contributed by atoms with van der Waals surface area (Å²) in [5.74, 6) is 0.175. The van der Waals surface area contributed by atoms with Crippen LogP contribution in [0.15, 0.2) is 57.9 Å². The average molecular weight is 424 g/mol. The van der Waals surface area contributed by atoms with Crippen molar-refractivity contribution >= 4 is 42.7 Å². The third-order valence-corrected chi connectivity index (χ3v) is 5.30. The molecule has 0 amide bonds. The van der Waals surface area contributed by atoms with Gasteiger partial charge in [-0.2, -0.15) is 0 Å². The first-order valence-electron chi connectivity index (χ1n) is 7.39. The molecule has 1 heterocycles. The van der Waals surface area contributed by atoms with Gasteiger partial charge in [0.25, 0.3) is 0 Å². The van der Waals surface area contributed by atoms with Crippen LogP contribution >= 0.6 is 15.9 Å². The number of hydrogen-bond acceptors (Lipinski definition) is 4. The number of nitrogens with zero attached hydrogens (tertiary/aromatic N) is 1. The largest absolute Gasteiger partial charge is 0.364 e. The normalized spacial score (nSPS) is 13.0. The third kappa shape index (κ3) is 3.97. The van der Waals surface area contributed by atoms with Gasteiger partial charge in [0, 0.05) is 17.5 Å². The lowest BCUT2D eigenvalue weighted by Gasteiger charge is -2.16. The highest BCUT2D eigenvalue weighted by atomic mass is 79.9. The molecule has 1 aromatic heterocycles. The fourth-order valence-corrected chi connectivity index (χ4v) is 3.39. The molecule has 1 atom stereocenters. The van der Waals surface area contributed by atoms with Gasteiger partial charge in [-0.1, -0.05) is 12.1 Å². The Hall–Kier alpha value is -2.03. The van der Waals surface area contributed by atoms with E-state index in [1.54, 1.807) is 24.3 Å². The number of sulfonamides is 1. The van der Waals surface area contributed by atoms with Crippen LogP contribution in [0.2, 0.25) is 0 Å². The number of aromatic nitrogens is 1. The zero-order valence-corrected chi connectivity index (χ0v) is 15.6. The highest BCUT2D eigenvalue weighted by Crippen LogP contribution is 2.25. The van der Waals surface area contributed by atoms with Crippen LogP contribution < -0.4 is 10.5 Å². The number of anilines is 1. The minimum absolute atomic E-state index is 0.0528. The van der Waals surface area contributed by atoms with Crippen LogP contribution in [0.1, 0.15) is 18.5 Å². The number of benzene rings is 2. The van der Waals surface area contributed by atoms with E-state index < -0.39 is 10.0 Å². The summed E-state index contributed by atoms with van der Waals surface area (Å²) in [6.07, 6.45) is 0. The number of pyridine rings is 1. The summed E-state index contributed by atoms with van der Waals surface area (Å²) in [7, 11) is -3.76. The highest BCUT2D eigenvalue weighted by molar-refractivity contribution is 9.10. The average Bonchev–Trinajstić information content (AvgIpc) is 2.55. The van der Waals surface area contributed by atoms with Gasteiger partial charge in [0.1, 0.15) is 11.6 Å². The summed E-state index contributed by atoms with van der Waals surface area (Å²) in [6.45, 7) is 1.87. The quantitative estimate of drug-likeness (QED) is 0.664. The van der Waals surface area contributed by atoms with Gasteiger partial charge in [0.05, 0.1) is 14.9 Å². The van der Waals surface area contributed by atoms with Gasteiger partial charge in [-0.3, -0.25) is 0 Å². The summed E-state index contributed by atoms with van der Waals surface area (Å²) in [4.78, 5) is 4.45. The molecule has 130 valence electrons. The summed E-state index contributed by atoms with van der Waals surface area (Å²) >= 11 is 3.15. The Kier molecular flexibility index (Phi) is 4.77. The van der Waals surface area contributed by atoms with Crippen molar-refractivity contribution in [2.75, 3.05) is 5.32 Å². The van der Waals surface area contributed by atoms with E-state index in [1.807, 2.05) is 13.0 Å². The monoisotopic (exact) mass is 423 g/mol. The lowest BCUT2D eigenvalue weighted by molar-refractivity contribution is 0.597. The lowest BCUT2D eigenvalue weighted by Crippen LogP contribution is -2.14. The lowest BCUT2D eigenvalue weighted by atomic mass is 10.1. The minimum atomic E-state index is -3.76. The SMILES string of the molecule is CC(Nc1ccc2cc(Br)c(F)cc2n1)c1cccc(S(N)(=O)=O)c1. The fraction of sp³-hybridized carbons (Fsp3) is 0.118. The minimum Gasteiger partial charge on any atom is -0.364 e. The van der Waals surface area contributed by atoms with Crippen LogP contribution in [0.5, 0.6) is 0 Å². The van der Waals surface area contributed by atoms with Crippen LogP contribution in [0.4, 0.5) is 10.2 Å². The number of halogens is 2. The van der Waals surface area contributed by atoms with E-state index in [9.17, 15) is 12.8 Å². The molecule has 5 nitrogen and oxygen atoms in total. The Labute approximate surface area is 153 Å². The number of primary sulfonamides is 1. The van der Waals surface area contributed by atoms with Gasteiger partial charge in [-0.05, 0) is 58.7 Å². The fourth-order valence-electron chi connectivity index (χ4n) is 2.46. The second-order valence-electron chi connectivity index (χ2n) is 5.64. The predicted octanol–water partition coefficient (Wildman–Crippen LogP) is 3.96. The number of fused-ring (bicyclic) bond motifs is 1. The van der Waals surface area contributed by atoms with Crippen molar-refractivity contribution in [3.8, 4) is 0 Å². The van der Waals surface area contributed by atoms with Gasteiger partial charge in [0.15, 0.2) is 0 Å². The van der Waals surface area contributed by atoms with Crippen LogP contribution in [0.25, 0.3) is 10.9 Å². The smallest absolute Gasteiger partial charge is 0.238 e. The molecule has 3 rings (SSSR count). The highest BCUT2D eigenvalue weighted by Gasteiger charge is 2.12. The molecule has 0 bridgehead atoms. The van der Waals surface area contributed by atoms with Crippen molar-refractivity contribution in [1.29, 1.82) is 0 Å². The summed E-state index contributed by atoms with van der Waals surface area (Å²) in [5, 5.41) is 9.16. The van der Waals surface area contributed by atoms with Gasteiger partial charge in [0.2, 0.25) is 10.0 Å². The van der Waals surface area contributed by atoms with Gasteiger partial charge in [-0.15, -0.1) is 0 Å². The molecular weight excluding hydrogens is 409 g/mol. The Balaban J connectivity index is 1.89. The Morgan fingerprint density at radius 1 is 1.20 bits per heavy atom. The molecule has 0 aliphatic carbocycles. The second-order valence-corrected chi connectivity index (χ2v) is 8.05. The molecule has 0 saturated carbocycles. The molecule has 8 heteroatoms. The maximum atomic E-state index is 13.7. The summed E-state index contributed by atoms with van der Waals surface area (Å²) in [5.41, 5.74) is 1.27. The van der Waals surface area contributed by atoms with Crippen molar-refractivity contribution in [3.63, 3.8) is 0 Å². The maximum Gasteiger partial charge on any atom is 0.238 e. The molecule has 0 saturated heterocycles. The number of nitrogens with one attached hydrogen (secondary N) is 1. The van der Waals surface area contributed by atoms with E-state index in [-0.39, 0.29) is 16.8 Å². The molecule has 0 aliphatic heterocycles. The van der Waals surface area contributed by atoms with E-state index in [1.165, 1.54) is 18.2 Å². The number of nitrogens with two attached hydrogens (primary N) is 1. The van der Waals surface area contributed by atoms with Crippen LogP contribution in [0.3, 0.4) is 0 Å². The van der Waals surface area contributed by atoms with Gasteiger partial charge < -0.3 is 5.32 Å². The van der Waals surface area contributed by atoms with E-state index in [0.29, 0.717) is 15.8 Å². The van der Waals surface area contributed by atoms with E-state index in [4.69, 9.17) is 5.14 Å². The van der Waals surface area contributed by atoms with Crippen molar-refractivity contribution in [2.24, 2.45) is 5.14 Å². The van der Waals surface area contributed by atoms with E-state index >= 15 is 0 Å². The molecule has 0 aliphatic rings. The topological polar surface area (TPSA) is 85.1 Å². The molecular formula is C17H15BrFN3O2S. The molecule has 3 aromatic rings. The Morgan fingerprint density at radius 2 is 1.96 bits per heavy atom. The molecule has 1 unspecified atom stereocenters. The van der Waals surface area contributed by atoms with E-state index in [2.05, 4.69) is 26.2 Å². The molecule has 0 spiro atoms. The molecule has 25 heavy (non-hydrogen) atoms. The Morgan fingerprint density at radius 3 is 2.68 bits per heavy atom. The van der Waals surface area contributed by atoms with Gasteiger partial charge in [-0.25, -0.2) is 22.9 Å². The molecule has 0 radical (unpaired) electrons. The predicted molar refractivity (Wildman–Crippen MR) is 99.3 cm³/mol. The van der Waals surface area contributed by atoms with Crippen LogP contribution in [-0.2, 0) is 10.0 Å². The summed E-state index contributed by atoms with van der Waals surface area (Å²) in [6, 6.07) is 12.8. The summed E-state index contributed by atoms with van der Waals surface area (Å²) < 4.78 is 37.0. The Bertz CT molecular complexity index is 1060. The van der Waals surface area contributed by atoms with E-state index in [0.717, 1.165) is 10.9 Å². The van der Waals surface area contributed by atoms with Crippen molar-refractivity contribution in [1.82, 2.24) is 4.98 Å². The van der Waals surface area contributed by atoms with Crippen molar-refractivity contribution in [2.45, 2.75) is 17.9 Å². The molecule has 0 fully saturated rings.